The van der Waals surface area contributed by atoms with Gasteiger partial charge in [-0.05, 0) is 23.6 Å². The molecule has 0 amide bonds. The van der Waals surface area contributed by atoms with Crippen molar-refractivity contribution in [3.05, 3.63) is 41.6 Å². The fourth-order valence-corrected chi connectivity index (χ4v) is 1.67. The minimum Gasteiger partial charge on any atom is -0.423 e. The highest BCUT2D eigenvalue weighted by atomic mass is 16.4. The van der Waals surface area contributed by atoms with E-state index in [0.29, 0.717) is 24.2 Å². The van der Waals surface area contributed by atoms with E-state index in [2.05, 4.69) is 53.6 Å². The van der Waals surface area contributed by atoms with Crippen molar-refractivity contribution in [1.29, 1.82) is 0 Å². The number of nitrogens with zero attached hydrogens (tertiary/aromatic N) is 2. The second-order valence-corrected chi connectivity index (χ2v) is 4.57. The first-order chi connectivity index (χ1) is 8.69. The highest BCUT2D eigenvalue weighted by Crippen LogP contribution is 2.17. The summed E-state index contributed by atoms with van der Waals surface area (Å²) < 4.78 is 5.43. The van der Waals surface area contributed by atoms with Crippen molar-refractivity contribution in [2.24, 2.45) is 0 Å². The molecule has 18 heavy (non-hydrogen) atoms. The van der Waals surface area contributed by atoms with Crippen molar-refractivity contribution < 1.29 is 4.42 Å². The zero-order chi connectivity index (χ0) is 13.0. The van der Waals surface area contributed by atoms with E-state index >= 15 is 0 Å². The fourth-order valence-electron chi connectivity index (χ4n) is 1.67. The largest absolute Gasteiger partial charge is 0.423 e. The maximum absolute atomic E-state index is 5.43. The number of aromatic nitrogens is 2. The van der Waals surface area contributed by atoms with Gasteiger partial charge in [0.1, 0.15) is 0 Å². The summed E-state index contributed by atoms with van der Waals surface area (Å²) in [7, 11) is 0. The molecule has 4 nitrogen and oxygen atoms in total. The average molecular weight is 245 g/mol. The summed E-state index contributed by atoms with van der Waals surface area (Å²) >= 11 is 0. The van der Waals surface area contributed by atoms with Crippen LogP contribution in [0.4, 0.5) is 5.69 Å². The molecular weight excluding hydrogens is 226 g/mol. The molecule has 0 fully saturated rings. The summed E-state index contributed by atoms with van der Waals surface area (Å²) in [6.07, 6.45) is 0.774. The van der Waals surface area contributed by atoms with Gasteiger partial charge in [-0.1, -0.05) is 32.9 Å². The molecule has 4 heteroatoms. The number of nitrogens with one attached hydrogen (secondary N) is 1. The monoisotopic (exact) mass is 245 g/mol. The summed E-state index contributed by atoms with van der Waals surface area (Å²) in [5, 5.41) is 11.2. The van der Waals surface area contributed by atoms with Gasteiger partial charge in [0.15, 0.2) is 0 Å². The average Bonchev–Trinajstić information content (AvgIpc) is 2.85. The minimum atomic E-state index is 0.558. The van der Waals surface area contributed by atoms with Crippen molar-refractivity contribution >= 4 is 5.69 Å². The Morgan fingerprint density at radius 2 is 1.78 bits per heavy atom. The van der Waals surface area contributed by atoms with Crippen LogP contribution in [-0.4, -0.2) is 10.2 Å². The molecule has 0 unspecified atom stereocenters. The molecule has 0 aliphatic heterocycles. The van der Waals surface area contributed by atoms with E-state index in [4.69, 9.17) is 4.42 Å². The standard InChI is InChI=1S/C14H19N3O/c1-4-13-16-17-14(18-13)9-15-12-7-5-11(6-8-12)10(2)3/h5-8,10,15H,4,9H2,1-3H3. The molecule has 1 aromatic carbocycles. The second kappa shape index (κ2) is 5.67. The predicted molar refractivity (Wildman–Crippen MR) is 71.5 cm³/mol. The highest BCUT2D eigenvalue weighted by Gasteiger charge is 2.04. The fraction of sp³-hybridized carbons (Fsp3) is 0.429. The van der Waals surface area contributed by atoms with Crippen LogP contribution >= 0.6 is 0 Å². The molecule has 0 radical (unpaired) electrons. The normalized spacial score (nSPS) is 10.9. The number of benzene rings is 1. The lowest BCUT2D eigenvalue weighted by atomic mass is 10.0. The van der Waals surface area contributed by atoms with E-state index < -0.39 is 0 Å². The van der Waals surface area contributed by atoms with Crippen LogP contribution in [0.1, 0.15) is 44.0 Å². The third-order valence-electron chi connectivity index (χ3n) is 2.83. The smallest absolute Gasteiger partial charge is 0.235 e. The van der Waals surface area contributed by atoms with Gasteiger partial charge in [-0.2, -0.15) is 0 Å². The first kappa shape index (κ1) is 12.6. The van der Waals surface area contributed by atoms with Crippen molar-refractivity contribution in [3.63, 3.8) is 0 Å². The first-order valence-electron chi connectivity index (χ1n) is 6.34. The van der Waals surface area contributed by atoms with Crippen LogP contribution < -0.4 is 5.32 Å². The van der Waals surface area contributed by atoms with Crippen LogP contribution in [0.15, 0.2) is 28.7 Å². The number of hydrogen-bond donors (Lipinski definition) is 1. The molecule has 0 bridgehead atoms. The molecule has 0 aliphatic carbocycles. The van der Waals surface area contributed by atoms with Crippen LogP contribution in [0.25, 0.3) is 0 Å². The Bertz CT molecular complexity index is 488. The van der Waals surface area contributed by atoms with Gasteiger partial charge in [0.05, 0.1) is 6.54 Å². The lowest BCUT2D eigenvalue weighted by molar-refractivity contribution is 0.460. The number of anilines is 1. The van der Waals surface area contributed by atoms with Crippen LogP contribution in [-0.2, 0) is 13.0 Å². The highest BCUT2D eigenvalue weighted by molar-refractivity contribution is 5.45. The molecule has 0 saturated heterocycles. The first-order valence-corrected chi connectivity index (χ1v) is 6.34. The molecule has 96 valence electrons. The van der Waals surface area contributed by atoms with Crippen LogP contribution in [0.5, 0.6) is 0 Å². The topological polar surface area (TPSA) is 51.0 Å². The van der Waals surface area contributed by atoms with Gasteiger partial charge in [-0.25, -0.2) is 0 Å². The van der Waals surface area contributed by atoms with Crippen molar-refractivity contribution in [3.8, 4) is 0 Å². The third kappa shape index (κ3) is 3.09. The van der Waals surface area contributed by atoms with Crippen molar-refractivity contribution in [2.45, 2.75) is 39.7 Å². The summed E-state index contributed by atoms with van der Waals surface area (Å²) in [6.45, 7) is 6.93. The lowest BCUT2D eigenvalue weighted by Crippen LogP contribution is -2.00. The van der Waals surface area contributed by atoms with Crippen molar-refractivity contribution in [1.82, 2.24) is 10.2 Å². The van der Waals surface area contributed by atoms with E-state index in [0.717, 1.165) is 12.1 Å². The Morgan fingerprint density at radius 1 is 1.11 bits per heavy atom. The zero-order valence-electron chi connectivity index (χ0n) is 11.1. The van der Waals surface area contributed by atoms with E-state index in [1.54, 1.807) is 0 Å². The van der Waals surface area contributed by atoms with Gasteiger partial charge in [-0.15, -0.1) is 10.2 Å². The third-order valence-corrected chi connectivity index (χ3v) is 2.83. The van der Waals surface area contributed by atoms with Gasteiger partial charge in [-0.3, -0.25) is 0 Å². The number of rotatable bonds is 5. The molecule has 0 saturated carbocycles. The molecule has 0 atom stereocenters. The molecule has 1 heterocycles. The zero-order valence-corrected chi connectivity index (χ0v) is 11.1. The summed E-state index contributed by atoms with van der Waals surface area (Å²) in [6, 6.07) is 8.43. The maximum Gasteiger partial charge on any atom is 0.235 e. The van der Waals surface area contributed by atoms with Crippen molar-refractivity contribution in [2.75, 3.05) is 5.32 Å². The van der Waals surface area contributed by atoms with E-state index in [9.17, 15) is 0 Å². The molecule has 1 aromatic heterocycles. The predicted octanol–water partition coefficient (Wildman–Crippen LogP) is 3.37. The van der Waals surface area contributed by atoms with E-state index in [1.807, 2.05) is 6.92 Å². The molecule has 0 aliphatic rings. The van der Waals surface area contributed by atoms with Gasteiger partial charge in [0.2, 0.25) is 11.8 Å². The Morgan fingerprint density at radius 3 is 2.33 bits per heavy atom. The molecule has 2 rings (SSSR count). The maximum atomic E-state index is 5.43. The summed E-state index contributed by atoms with van der Waals surface area (Å²) in [4.78, 5) is 0. The van der Waals surface area contributed by atoms with Gasteiger partial charge >= 0.3 is 0 Å². The SMILES string of the molecule is CCc1nnc(CNc2ccc(C(C)C)cc2)o1. The number of hydrogen-bond acceptors (Lipinski definition) is 4. The molecular formula is C14H19N3O. The Labute approximate surface area is 107 Å². The Hall–Kier alpha value is -1.84. The second-order valence-electron chi connectivity index (χ2n) is 4.57. The molecule has 2 aromatic rings. The summed E-state index contributed by atoms with van der Waals surface area (Å²) in [5.41, 5.74) is 2.40. The van der Waals surface area contributed by atoms with E-state index in [1.165, 1.54) is 5.56 Å². The minimum absolute atomic E-state index is 0.558. The number of aryl methyl sites for hydroxylation is 1. The van der Waals surface area contributed by atoms with Gasteiger partial charge in [0.25, 0.3) is 0 Å². The quantitative estimate of drug-likeness (QED) is 0.877. The molecule has 1 N–H and O–H groups in total. The van der Waals surface area contributed by atoms with Crippen LogP contribution in [0, 0.1) is 0 Å². The lowest BCUT2D eigenvalue weighted by Gasteiger charge is -2.07. The van der Waals surface area contributed by atoms with Crippen LogP contribution in [0.3, 0.4) is 0 Å². The molecule has 0 spiro atoms. The van der Waals surface area contributed by atoms with Crippen LogP contribution in [0.2, 0.25) is 0 Å². The summed E-state index contributed by atoms with van der Waals surface area (Å²) in [5.74, 6) is 1.86. The van der Waals surface area contributed by atoms with E-state index in [-0.39, 0.29) is 0 Å². The van der Waals surface area contributed by atoms with Gasteiger partial charge in [0, 0.05) is 12.1 Å². The van der Waals surface area contributed by atoms with Gasteiger partial charge < -0.3 is 9.73 Å². The Kier molecular flexibility index (Phi) is 3.97. The Balaban J connectivity index is 1.93.